The van der Waals surface area contributed by atoms with Gasteiger partial charge in [0.05, 0.1) is 4.92 Å². The Kier molecular flexibility index (Phi) is 5.71. The topological polar surface area (TPSA) is 141 Å². The molecule has 0 fully saturated rings. The van der Waals surface area contributed by atoms with Gasteiger partial charge in [-0.2, -0.15) is 9.71 Å². The number of benzene rings is 1. The summed E-state index contributed by atoms with van der Waals surface area (Å²) >= 11 is 0. The smallest absolute Gasteiger partial charge is 0.289 e. The third kappa shape index (κ3) is 4.46. The van der Waals surface area contributed by atoms with E-state index in [9.17, 15) is 18.5 Å². The van der Waals surface area contributed by atoms with Crippen LogP contribution in [0.4, 0.5) is 5.69 Å². The second kappa shape index (κ2) is 8.05. The molecule has 29 heavy (non-hydrogen) atoms. The Morgan fingerprint density at radius 1 is 1.24 bits per heavy atom. The van der Waals surface area contributed by atoms with E-state index < -0.39 is 31.6 Å². The number of aromatic nitrogens is 3. The van der Waals surface area contributed by atoms with Crippen molar-refractivity contribution in [3.63, 3.8) is 0 Å². The van der Waals surface area contributed by atoms with Gasteiger partial charge in [0.15, 0.2) is 4.90 Å². The molecule has 3 rings (SSSR count). The van der Waals surface area contributed by atoms with Crippen LogP contribution in [0.1, 0.15) is 31.3 Å². The van der Waals surface area contributed by atoms with Crippen molar-refractivity contribution in [3.8, 4) is 11.4 Å². The molecule has 0 radical (unpaired) electrons. The lowest BCUT2D eigenvalue weighted by molar-refractivity contribution is -0.387. The third-order valence-corrected chi connectivity index (χ3v) is 5.67. The quantitative estimate of drug-likeness (QED) is 0.457. The monoisotopic (exact) mass is 417 g/mol. The van der Waals surface area contributed by atoms with E-state index in [-0.39, 0.29) is 17.6 Å². The van der Waals surface area contributed by atoms with E-state index in [1.165, 1.54) is 18.2 Å². The predicted octanol–water partition coefficient (Wildman–Crippen LogP) is 3.02. The van der Waals surface area contributed by atoms with Crippen molar-refractivity contribution in [3.05, 3.63) is 64.3 Å². The Hall–Kier alpha value is -3.18. The Balaban J connectivity index is 1.96. The summed E-state index contributed by atoms with van der Waals surface area (Å²) in [5, 5.41) is 15.2. The van der Waals surface area contributed by atoms with Crippen LogP contribution in [0.2, 0.25) is 0 Å². The minimum absolute atomic E-state index is 0.0530. The number of aryl methyl sites for hydroxylation is 1. The van der Waals surface area contributed by atoms with Crippen LogP contribution in [0.25, 0.3) is 11.4 Å². The van der Waals surface area contributed by atoms with Crippen molar-refractivity contribution in [2.75, 3.05) is 0 Å². The molecule has 10 nitrogen and oxygen atoms in total. The predicted molar refractivity (Wildman–Crippen MR) is 103 cm³/mol. The average Bonchev–Trinajstić information content (AvgIpc) is 3.16. The van der Waals surface area contributed by atoms with Crippen LogP contribution in [0, 0.1) is 23.0 Å². The average molecular weight is 417 g/mol. The number of hydrogen-bond donors (Lipinski definition) is 1. The third-order valence-electron chi connectivity index (χ3n) is 4.18. The highest BCUT2D eigenvalue weighted by Gasteiger charge is 2.32. The van der Waals surface area contributed by atoms with Gasteiger partial charge in [-0.25, -0.2) is 8.42 Å². The number of sulfonamides is 1. The molecule has 0 aliphatic heterocycles. The van der Waals surface area contributed by atoms with Crippen LogP contribution < -0.4 is 4.72 Å². The van der Waals surface area contributed by atoms with Crippen LogP contribution in [0.5, 0.6) is 0 Å². The van der Waals surface area contributed by atoms with E-state index in [1.54, 1.807) is 45.3 Å². The second-order valence-corrected chi connectivity index (χ2v) is 8.45. The molecule has 2 aromatic heterocycles. The molecule has 0 aliphatic carbocycles. The van der Waals surface area contributed by atoms with Gasteiger partial charge in [-0.15, -0.1) is 0 Å². The highest BCUT2D eigenvalue weighted by atomic mass is 32.2. The van der Waals surface area contributed by atoms with Crippen LogP contribution in [-0.2, 0) is 10.0 Å². The van der Waals surface area contributed by atoms with E-state index in [2.05, 4.69) is 19.8 Å². The maximum Gasteiger partial charge on any atom is 0.289 e. The van der Waals surface area contributed by atoms with Gasteiger partial charge in [0.25, 0.3) is 5.69 Å². The summed E-state index contributed by atoms with van der Waals surface area (Å²) in [5.41, 5.74) is 0.692. The number of hydrogen-bond acceptors (Lipinski definition) is 8. The standard InChI is InChI=1S/C18H19N5O5S/c1-11(2)16(18-20-17(21-28-18)13-5-4-8-19-10-13)22-29(26,27)15-7-6-12(3)9-14(15)23(24)25/h4-11,16,22H,1-3H3. The lowest BCUT2D eigenvalue weighted by atomic mass is 10.1. The first-order valence-electron chi connectivity index (χ1n) is 8.70. The molecule has 0 amide bonds. The van der Waals surface area contributed by atoms with Gasteiger partial charge < -0.3 is 4.52 Å². The molecule has 152 valence electrons. The van der Waals surface area contributed by atoms with Crippen molar-refractivity contribution in [1.82, 2.24) is 19.8 Å². The Morgan fingerprint density at radius 2 is 2.00 bits per heavy atom. The molecule has 0 saturated heterocycles. The molecule has 0 spiro atoms. The molecule has 0 saturated carbocycles. The molecule has 11 heteroatoms. The fourth-order valence-electron chi connectivity index (χ4n) is 2.67. The molecule has 0 aliphatic rings. The number of nitrogens with one attached hydrogen (secondary N) is 1. The molecule has 1 N–H and O–H groups in total. The molecular formula is C18H19N5O5S. The Labute approximate surface area is 167 Å². The highest BCUT2D eigenvalue weighted by molar-refractivity contribution is 7.89. The number of rotatable bonds is 7. The minimum Gasteiger partial charge on any atom is -0.337 e. The molecule has 0 bridgehead atoms. The van der Waals surface area contributed by atoms with Crippen molar-refractivity contribution in [2.24, 2.45) is 5.92 Å². The lowest BCUT2D eigenvalue weighted by Crippen LogP contribution is -2.32. The number of nitrogens with zero attached hydrogens (tertiary/aromatic N) is 4. The number of nitro groups is 1. The SMILES string of the molecule is Cc1ccc(S(=O)(=O)NC(c2nc(-c3cccnc3)no2)C(C)C)c([N+](=O)[O-])c1. The molecule has 3 aromatic rings. The van der Waals surface area contributed by atoms with Crippen molar-refractivity contribution in [2.45, 2.75) is 31.7 Å². The first kappa shape index (κ1) is 20.6. The van der Waals surface area contributed by atoms with Gasteiger partial charge in [-0.3, -0.25) is 15.1 Å². The van der Waals surface area contributed by atoms with Gasteiger partial charge in [0, 0.05) is 24.0 Å². The summed E-state index contributed by atoms with van der Waals surface area (Å²) in [4.78, 5) is 18.4. The highest BCUT2D eigenvalue weighted by Crippen LogP contribution is 2.29. The van der Waals surface area contributed by atoms with Gasteiger partial charge in [0.2, 0.25) is 21.7 Å². The summed E-state index contributed by atoms with van der Waals surface area (Å²) in [6.07, 6.45) is 3.16. The zero-order chi connectivity index (χ0) is 21.2. The summed E-state index contributed by atoms with van der Waals surface area (Å²) in [7, 11) is -4.23. The summed E-state index contributed by atoms with van der Waals surface area (Å²) in [6.45, 7) is 5.18. The van der Waals surface area contributed by atoms with E-state index in [4.69, 9.17) is 4.52 Å². The largest absolute Gasteiger partial charge is 0.337 e. The molecule has 2 heterocycles. The minimum atomic E-state index is -4.23. The van der Waals surface area contributed by atoms with Crippen LogP contribution in [-0.4, -0.2) is 28.5 Å². The summed E-state index contributed by atoms with van der Waals surface area (Å²) in [5.74, 6) is 0.0490. The maximum absolute atomic E-state index is 12.9. The summed E-state index contributed by atoms with van der Waals surface area (Å²) in [6, 6.07) is 6.50. The van der Waals surface area contributed by atoms with E-state index in [0.29, 0.717) is 11.1 Å². The lowest BCUT2D eigenvalue weighted by Gasteiger charge is -2.18. The van der Waals surface area contributed by atoms with Gasteiger partial charge in [-0.05, 0) is 36.6 Å². The number of nitro benzene ring substituents is 1. The van der Waals surface area contributed by atoms with Gasteiger partial charge in [-0.1, -0.05) is 25.1 Å². The normalized spacial score (nSPS) is 12.8. The van der Waals surface area contributed by atoms with E-state index >= 15 is 0 Å². The van der Waals surface area contributed by atoms with E-state index in [1.807, 2.05) is 0 Å². The fraction of sp³-hybridized carbons (Fsp3) is 0.278. The number of pyridine rings is 1. The zero-order valence-electron chi connectivity index (χ0n) is 15.9. The van der Waals surface area contributed by atoms with Gasteiger partial charge in [0.1, 0.15) is 6.04 Å². The van der Waals surface area contributed by atoms with Crippen molar-refractivity contribution < 1.29 is 17.9 Å². The second-order valence-electron chi connectivity index (χ2n) is 6.77. The first-order chi connectivity index (χ1) is 13.7. The first-order valence-corrected chi connectivity index (χ1v) is 10.2. The molecule has 1 atom stereocenters. The molecule has 1 aromatic carbocycles. The maximum atomic E-state index is 12.9. The van der Waals surface area contributed by atoms with Crippen molar-refractivity contribution in [1.29, 1.82) is 0 Å². The van der Waals surface area contributed by atoms with Crippen LogP contribution >= 0.6 is 0 Å². The summed E-state index contributed by atoms with van der Waals surface area (Å²) < 4.78 is 33.6. The van der Waals surface area contributed by atoms with Crippen molar-refractivity contribution >= 4 is 15.7 Å². The van der Waals surface area contributed by atoms with Gasteiger partial charge >= 0.3 is 0 Å². The molecular weight excluding hydrogens is 398 g/mol. The fourth-order valence-corrected chi connectivity index (χ4v) is 4.16. The molecule has 1 unspecified atom stereocenters. The van der Waals surface area contributed by atoms with Crippen LogP contribution in [0.3, 0.4) is 0 Å². The Morgan fingerprint density at radius 3 is 2.62 bits per heavy atom. The van der Waals surface area contributed by atoms with Crippen LogP contribution in [0.15, 0.2) is 52.1 Å². The van der Waals surface area contributed by atoms with E-state index in [0.717, 1.165) is 0 Å². The zero-order valence-corrected chi connectivity index (χ0v) is 16.8. The Bertz CT molecular complexity index is 1130.